The van der Waals surface area contributed by atoms with E-state index in [4.69, 9.17) is 16.4 Å². The maximum Gasteiger partial charge on any atom is 0.516 e. The summed E-state index contributed by atoms with van der Waals surface area (Å²) in [5.41, 5.74) is -10.8. The highest BCUT2D eigenvalue weighted by atomic mass is 35.5. The van der Waals surface area contributed by atoms with Crippen LogP contribution in [0, 0.1) is 0 Å². The number of nitrogens with zero attached hydrogens (tertiary/aromatic N) is 1. The smallest absolute Gasteiger partial charge is 0.390 e. The molecule has 0 spiro atoms. The molecule has 5 nitrogen and oxygen atoms in total. The number of hydrogen-bond acceptors (Lipinski definition) is 4. The molecule has 0 saturated carbocycles. The van der Waals surface area contributed by atoms with Crippen molar-refractivity contribution in [3.05, 3.63) is 99.6 Å². The number of rotatable bonds is 7. The highest BCUT2D eigenvalue weighted by molar-refractivity contribution is 7.93. The average molecular weight is 605 g/mol. The van der Waals surface area contributed by atoms with E-state index in [0.717, 1.165) is 18.2 Å². The molecule has 0 aromatic heterocycles. The Kier molecular flexibility index (Phi) is 8.46. The standard InChI is InChI=1S/C23H14ClF9N2O3S/c24-16-8-9-19(35-39(36,37)23(31,32)33)17(11-16)20(13-4-2-1-3-5-13)34-38-12-14-6-7-15(21(25,26)27)10-18(14)22(28,29)30/h1-11,35H,12H2/b34-20+. The third-order valence-electron chi connectivity index (χ3n) is 4.95. The van der Waals surface area contributed by atoms with E-state index >= 15 is 0 Å². The number of alkyl halides is 9. The SMILES string of the molecule is O=S(=O)(Nc1ccc(Cl)cc1/C(=N/OCc1ccc(C(F)(F)F)cc1C(F)(F)F)c1ccccc1)C(F)(F)F. The van der Waals surface area contributed by atoms with Crippen LogP contribution in [0.1, 0.15) is 27.8 Å². The summed E-state index contributed by atoms with van der Waals surface area (Å²) in [4.78, 5) is 5.01. The lowest BCUT2D eigenvalue weighted by atomic mass is 10.0. The van der Waals surface area contributed by atoms with Crippen molar-refractivity contribution in [3.63, 3.8) is 0 Å². The molecule has 0 aliphatic rings. The van der Waals surface area contributed by atoms with E-state index < -0.39 is 56.9 Å². The Balaban J connectivity index is 2.08. The molecule has 210 valence electrons. The third-order valence-corrected chi connectivity index (χ3v) is 6.28. The predicted molar refractivity (Wildman–Crippen MR) is 123 cm³/mol. The fourth-order valence-electron chi connectivity index (χ4n) is 3.17. The van der Waals surface area contributed by atoms with Crippen LogP contribution < -0.4 is 4.72 Å². The lowest BCUT2D eigenvalue weighted by Gasteiger charge is -2.17. The number of anilines is 1. The molecule has 3 rings (SSSR count). The number of halogens is 10. The molecule has 0 atom stereocenters. The zero-order chi connectivity index (χ0) is 29.2. The molecule has 0 radical (unpaired) electrons. The van der Waals surface area contributed by atoms with Gasteiger partial charge in [-0.25, -0.2) is 0 Å². The van der Waals surface area contributed by atoms with Crippen LogP contribution in [0.4, 0.5) is 45.2 Å². The first kappa shape index (κ1) is 30.1. The Morgan fingerprint density at radius 3 is 2.05 bits per heavy atom. The average Bonchev–Trinajstić information content (AvgIpc) is 2.81. The lowest BCUT2D eigenvalue weighted by Crippen LogP contribution is -2.30. The van der Waals surface area contributed by atoms with Crippen molar-refractivity contribution in [2.45, 2.75) is 24.5 Å². The highest BCUT2D eigenvalue weighted by Gasteiger charge is 2.46. The van der Waals surface area contributed by atoms with Crippen LogP contribution in [0.3, 0.4) is 0 Å². The summed E-state index contributed by atoms with van der Waals surface area (Å²) in [7, 11) is -5.91. The van der Waals surface area contributed by atoms with E-state index in [1.807, 2.05) is 0 Å². The largest absolute Gasteiger partial charge is 0.516 e. The van der Waals surface area contributed by atoms with Gasteiger partial charge in [0.05, 0.1) is 16.8 Å². The van der Waals surface area contributed by atoms with Gasteiger partial charge in [-0.05, 0) is 30.3 Å². The molecule has 0 unspecified atom stereocenters. The van der Waals surface area contributed by atoms with Crippen LogP contribution in [-0.4, -0.2) is 19.6 Å². The molecule has 0 bridgehead atoms. The second-order valence-corrected chi connectivity index (χ2v) is 9.80. The quantitative estimate of drug-likeness (QED) is 0.172. The number of sulfonamides is 1. The highest BCUT2D eigenvalue weighted by Crippen LogP contribution is 2.38. The van der Waals surface area contributed by atoms with Crippen molar-refractivity contribution in [1.29, 1.82) is 0 Å². The summed E-state index contributed by atoms with van der Waals surface area (Å²) in [5.74, 6) is 0. The fraction of sp³-hybridized carbons (Fsp3) is 0.174. The molecule has 3 aromatic rings. The summed E-state index contributed by atoms with van der Waals surface area (Å²) in [6.45, 7) is -1.01. The maximum absolute atomic E-state index is 13.5. The van der Waals surface area contributed by atoms with Gasteiger partial charge in [-0.2, -0.15) is 47.9 Å². The van der Waals surface area contributed by atoms with Gasteiger partial charge in [-0.15, -0.1) is 0 Å². The van der Waals surface area contributed by atoms with Gasteiger partial charge in [0.2, 0.25) is 0 Å². The summed E-state index contributed by atoms with van der Waals surface area (Å²) in [5, 5.41) is 3.62. The number of nitrogens with one attached hydrogen (secondary N) is 1. The van der Waals surface area contributed by atoms with Crippen LogP contribution in [0.15, 0.2) is 71.9 Å². The summed E-state index contributed by atoms with van der Waals surface area (Å²) in [6.07, 6.45) is -10.2. The molecule has 0 saturated heterocycles. The Hall–Kier alpha value is -3.46. The third kappa shape index (κ3) is 7.35. The van der Waals surface area contributed by atoms with E-state index in [2.05, 4.69) is 5.16 Å². The zero-order valence-electron chi connectivity index (χ0n) is 18.9. The van der Waals surface area contributed by atoms with Gasteiger partial charge < -0.3 is 4.84 Å². The number of oxime groups is 1. The van der Waals surface area contributed by atoms with Crippen molar-refractivity contribution in [1.82, 2.24) is 0 Å². The van der Waals surface area contributed by atoms with Crippen molar-refractivity contribution >= 4 is 33.0 Å². The predicted octanol–water partition coefficient (Wildman–Crippen LogP) is 7.61. The van der Waals surface area contributed by atoms with Gasteiger partial charge in [0.1, 0.15) is 12.3 Å². The number of benzene rings is 3. The van der Waals surface area contributed by atoms with Crippen LogP contribution in [0.2, 0.25) is 5.02 Å². The first-order chi connectivity index (χ1) is 17.9. The van der Waals surface area contributed by atoms with Gasteiger partial charge in [0, 0.05) is 21.7 Å². The van der Waals surface area contributed by atoms with E-state index in [9.17, 15) is 47.9 Å². The molecule has 39 heavy (non-hydrogen) atoms. The van der Waals surface area contributed by atoms with Crippen LogP contribution in [0.25, 0.3) is 0 Å². The second-order valence-electron chi connectivity index (χ2n) is 7.69. The number of hydrogen-bond donors (Lipinski definition) is 1. The van der Waals surface area contributed by atoms with Gasteiger partial charge >= 0.3 is 27.9 Å². The van der Waals surface area contributed by atoms with E-state index in [1.165, 1.54) is 29.0 Å². The lowest BCUT2D eigenvalue weighted by molar-refractivity contribution is -0.143. The first-order valence-corrected chi connectivity index (χ1v) is 12.2. The van der Waals surface area contributed by atoms with E-state index in [-0.39, 0.29) is 27.9 Å². The second kappa shape index (κ2) is 11.0. The minimum Gasteiger partial charge on any atom is -0.390 e. The topological polar surface area (TPSA) is 67.8 Å². The normalized spacial score (nSPS) is 13.3. The molecule has 0 heterocycles. The van der Waals surface area contributed by atoms with Crippen molar-refractivity contribution in [3.8, 4) is 0 Å². The van der Waals surface area contributed by atoms with Gasteiger partial charge in [0.15, 0.2) is 0 Å². The van der Waals surface area contributed by atoms with Crippen molar-refractivity contribution < 1.29 is 52.8 Å². The molecule has 0 aliphatic heterocycles. The Bertz CT molecular complexity index is 1470. The van der Waals surface area contributed by atoms with Crippen LogP contribution in [-0.2, 0) is 33.8 Å². The van der Waals surface area contributed by atoms with Crippen molar-refractivity contribution in [2.24, 2.45) is 5.16 Å². The minimum atomic E-state index is -5.91. The molecular formula is C23H14ClF9N2O3S. The fourth-order valence-corrected chi connectivity index (χ4v) is 3.92. The summed E-state index contributed by atoms with van der Waals surface area (Å²) >= 11 is 5.95. The maximum atomic E-state index is 13.5. The molecule has 3 aromatic carbocycles. The molecule has 0 amide bonds. The molecule has 0 fully saturated rings. The summed E-state index contributed by atoms with van der Waals surface area (Å²) < 4.78 is 143. The minimum absolute atomic E-state index is 0.0781. The summed E-state index contributed by atoms with van der Waals surface area (Å²) in [6, 6.07) is 11.1. The van der Waals surface area contributed by atoms with Gasteiger partial charge in [0.25, 0.3) is 0 Å². The Morgan fingerprint density at radius 1 is 0.846 bits per heavy atom. The molecule has 16 heteroatoms. The van der Waals surface area contributed by atoms with Crippen LogP contribution >= 0.6 is 11.6 Å². The Morgan fingerprint density at radius 2 is 1.49 bits per heavy atom. The van der Waals surface area contributed by atoms with Gasteiger partial charge in [-0.1, -0.05) is 53.2 Å². The first-order valence-electron chi connectivity index (χ1n) is 10.3. The van der Waals surface area contributed by atoms with Crippen LogP contribution in [0.5, 0.6) is 0 Å². The molecular weight excluding hydrogens is 591 g/mol. The van der Waals surface area contributed by atoms with E-state index in [1.54, 1.807) is 6.07 Å². The van der Waals surface area contributed by atoms with Gasteiger partial charge in [-0.3, -0.25) is 4.72 Å². The zero-order valence-corrected chi connectivity index (χ0v) is 20.5. The van der Waals surface area contributed by atoms with E-state index in [0.29, 0.717) is 12.1 Å². The monoisotopic (exact) mass is 604 g/mol. The van der Waals surface area contributed by atoms with Crippen molar-refractivity contribution in [2.75, 3.05) is 4.72 Å². The Labute approximate surface area is 219 Å². The molecule has 0 aliphatic carbocycles. The molecule has 1 N–H and O–H groups in total.